The van der Waals surface area contributed by atoms with Crippen molar-refractivity contribution in [3.05, 3.63) is 216 Å². The third-order valence-electron chi connectivity index (χ3n) is 10.6. The molecule has 5 aromatic carbocycles. The van der Waals surface area contributed by atoms with Gasteiger partial charge < -0.3 is 9.88 Å². The van der Waals surface area contributed by atoms with Crippen molar-refractivity contribution in [3.8, 4) is 11.1 Å². The predicted octanol–water partition coefficient (Wildman–Crippen LogP) is 15.2. The van der Waals surface area contributed by atoms with E-state index in [0.717, 1.165) is 63.4 Å². The molecule has 1 aliphatic carbocycles. The molecule has 7 rings (SSSR count). The van der Waals surface area contributed by atoms with Gasteiger partial charge in [-0.25, -0.2) is 0 Å². The summed E-state index contributed by atoms with van der Waals surface area (Å²) in [6.45, 7) is 17.2. The van der Waals surface area contributed by atoms with E-state index in [1.165, 1.54) is 44.3 Å². The molecule has 1 heterocycles. The molecule has 0 unspecified atom stereocenters. The monoisotopic (exact) mass is 726 g/mol. The fraction of sp³-hybridized carbons (Fsp3) is 0.111. The first-order valence-electron chi connectivity index (χ1n) is 19.6. The van der Waals surface area contributed by atoms with Gasteiger partial charge in [0, 0.05) is 33.7 Å². The molecule has 1 aliphatic rings. The summed E-state index contributed by atoms with van der Waals surface area (Å²) in [6.07, 6.45) is 23.7. The van der Waals surface area contributed by atoms with Crippen LogP contribution < -0.4 is 5.32 Å². The normalized spacial score (nSPS) is 13.2. The minimum Gasteiger partial charge on any atom is -0.356 e. The van der Waals surface area contributed by atoms with Gasteiger partial charge in [-0.05, 0) is 132 Å². The smallest absolute Gasteiger partial charge is 0.0543 e. The van der Waals surface area contributed by atoms with Crippen LogP contribution in [0.1, 0.15) is 66.3 Å². The average molecular weight is 727 g/mol. The van der Waals surface area contributed by atoms with Crippen molar-refractivity contribution in [2.45, 2.75) is 40.5 Å². The lowest BCUT2D eigenvalue weighted by Crippen LogP contribution is -1.96. The first kappa shape index (κ1) is 37.7. The Bertz CT molecular complexity index is 2600. The summed E-state index contributed by atoms with van der Waals surface area (Å²) in [5.74, 6) is 0. The van der Waals surface area contributed by atoms with Crippen molar-refractivity contribution in [1.29, 1.82) is 0 Å². The van der Waals surface area contributed by atoms with Crippen LogP contribution >= 0.6 is 0 Å². The van der Waals surface area contributed by atoms with Crippen LogP contribution in [0.25, 0.3) is 56.6 Å². The maximum atomic E-state index is 4.44. The van der Waals surface area contributed by atoms with Gasteiger partial charge in [-0.2, -0.15) is 0 Å². The van der Waals surface area contributed by atoms with Crippen LogP contribution in [0.5, 0.6) is 0 Å². The summed E-state index contributed by atoms with van der Waals surface area (Å²) in [6, 6.07) is 41.2. The van der Waals surface area contributed by atoms with Crippen LogP contribution in [0.3, 0.4) is 0 Å². The molecule has 276 valence electrons. The lowest BCUT2D eigenvalue weighted by molar-refractivity contribution is 1.09. The highest BCUT2D eigenvalue weighted by Gasteiger charge is 2.19. The molecule has 2 heteroatoms. The van der Waals surface area contributed by atoms with Gasteiger partial charge in [-0.1, -0.05) is 154 Å². The molecule has 0 atom stereocenters. The predicted molar refractivity (Wildman–Crippen MR) is 247 cm³/mol. The number of allylic oxidation sites excluding steroid dienone is 12. The second-order valence-corrected chi connectivity index (χ2v) is 14.1. The van der Waals surface area contributed by atoms with E-state index in [4.69, 9.17) is 0 Å². The maximum Gasteiger partial charge on any atom is 0.0543 e. The number of rotatable bonds is 12. The van der Waals surface area contributed by atoms with Gasteiger partial charge in [0.15, 0.2) is 0 Å². The first-order valence-corrected chi connectivity index (χ1v) is 19.6. The molecule has 0 saturated carbocycles. The minimum absolute atomic E-state index is 0.882. The van der Waals surface area contributed by atoms with E-state index < -0.39 is 0 Å². The van der Waals surface area contributed by atoms with Crippen molar-refractivity contribution in [1.82, 2.24) is 4.57 Å². The largest absolute Gasteiger partial charge is 0.356 e. The second-order valence-electron chi connectivity index (χ2n) is 14.1. The Morgan fingerprint density at radius 2 is 1.54 bits per heavy atom. The van der Waals surface area contributed by atoms with Crippen LogP contribution in [0.2, 0.25) is 0 Å². The van der Waals surface area contributed by atoms with Gasteiger partial charge in [-0.15, -0.1) is 0 Å². The molecule has 0 saturated heterocycles. The lowest BCUT2D eigenvalue weighted by atomic mass is 9.93. The van der Waals surface area contributed by atoms with Gasteiger partial charge in [0.25, 0.3) is 0 Å². The van der Waals surface area contributed by atoms with Gasteiger partial charge in [0.05, 0.1) is 5.52 Å². The zero-order valence-corrected chi connectivity index (χ0v) is 33.0. The van der Waals surface area contributed by atoms with E-state index in [9.17, 15) is 0 Å². The number of aryl methyl sites for hydroxylation is 1. The standard InChI is InChI=1S/C54H50N2/c1-7-18-38(5)56-39(6)52(37-41(10-4)42-20-12-11-13-21-42)54-51(28-17-29-53(54)56)46-25-15-26-48(36-46)55-47-34-32-44(33-35-47)43-23-14-24-45(31-30-43)50-27-16-22-40(9-3)49(50)19-8-2/h7-8,10-22,24-37,55H,4-5,9,23H2,1-3,6H3/b18-7-,19-8-,41-37+. The Labute approximate surface area is 333 Å². The van der Waals surface area contributed by atoms with E-state index in [0.29, 0.717) is 0 Å². The molecular formula is C54H50N2. The van der Waals surface area contributed by atoms with Crippen molar-refractivity contribution < 1.29 is 0 Å². The number of fused-ring (bicyclic) bond motifs is 1. The molecule has 0 amide bonds. The maximum absolute atomic E-state index is 4.44. The summed E-state index contributed by atoms with van der Waals surface area (Å²) in [5, 5.41) is 4.87. The Morgan fingerprint density at radius 1 is 0.768 bits per heavy atom. The highest BCUT2D eigenvalue weighted by atomic mass is 15.0. The van der Waals surface area contributed by atoms with E-state index in [-0.39, 0.29) is 0 Å². The first-order chi connectivity index (χ1) is 27.4. The Kier molecular flexibility index (Phi) is 11.6. The van der Waals surface area contributed by atoms with Crippen molar-refractivity contribution in [2.75, 3.05) is 5.32 Å². The van der Waals surface area contributed by atoms with Gasteiger partial charge in [0.2, 0.25) is 0 Å². The number of nitrogens with one attached hydrogen (secondary N) is 1. The highest BCUT2D eigenvalue weighted by molar-refractivity contribution is 6.07. The topological polar surface area (TPSA) is 17.0 Å². The molecule has 56 heavy (non-hydrogen) atoms. The average Bonchev–Trinajstić information content (AvgIpc) is 3.34. The number of anilines is 2. The number of hydrogen-bond donors (Lipinski definition) is 1. The molecule has 0 spiro atoms. The molecule has 0 aliphatic heterocycles. The van der Waals surface area contributed by atoms with E-state index in [2.05, 4.69) is 202 Å². The van der Waals surface area contributed by atoms with Crippen molar-refractivity contribution in [2.24, 2.45) is 0 Å². The zero-order valence-electron chi connectivity index (χ0n) is 33.0. The quantitative estimate of drug-likeness (QED) is 0.124. The molecule has 0 bridgehead atoms. The summed E-state index contributed by atoms with van der Waals surface area (Å²) in [5.41, 5.74) is 18.7. The van der Waals surface area contributed by atoms with E-state index >= 15 is 0 Å². The molecular weight excluding hydrogens is 677 g/mol. The fourth-order valence-corrected chi connectivity index (χ4v) is 7.85. The fourth-order valence-electron chi connectivity index (χ4n) is 7.85. The molecule has 0 fully saturated rings. The number of aromatic nitrogens is 1. The Morgan fingerprint density at radius 3 is 2.29 bits per heavy atom. The van der Waals surface area contributed by atoms with Crippen LogP contribution in [0.15, 0.2) is 177 Å². The van der Waals surface area contributed by atoms with Crippen molar-refractivity contribution >= 4 is 56.8 Å². The third kappa shape index (κ3) is 7.78. The summed E-state index contributed by atoms with van der Waals surface area (Å²) in [4.78, 5) is 0. The summed E-state index contributed by atoms with van der Waals surface area (Å²) in [7, 11) is 0. The van der Waals surface area contributed by atoms with Crippen LogP contribution in [-0.4, -0.2) is 4.57 Å². The molecule has 0 radical (unpaired) electrons. The minimum atomic E-state index is 0.882. The SMILES string of the molecule is C=C/C(=C\c1c(C)n(C(=C)/C=C\C)c2cccc(-c3cccc(Nc4ccc(C5=CC=C(c6cccc(CC)c6/C=C\C)C=CC5)cc4)c3)c12)c1ccccc1. The van der Waals surface area contributed by atoms with E-state index in [1.54, 1.807) is 0 Å². The number of nitrogens with zero attached hydrogens (tertiary/aromatic N) is 1. The molecule has 1 aromatic heterocycles. The van der Waals surface area contributed by atoms with Gasteiger partial charge in [-0.3, -0.25) is 0 Å². The van der Waals surface area contributed by atoms with Gasteiger partial charge >= 0.3 is 0 Å². The Balaban J connectivity index is 1.20. The summed E-state index contributed by atoms with van der Waals surface area (Å²) < 4.78 is 2.26. The van der Waals surface area contributed by atoms with Crippen LogP contribution in [0.4, 0.5) is 11.4 Å². The van der Waals surface area contributed by atoms with Gasteiger partial charge in [0.1, 0.15) is 0 Å². The molecule has 2 nitrogen and oxygen atoms in total. The zero-order chi connectivity index (χ0) is 39.0. The second kappa shape index (κ2) is 17.2. The summed E-state index contributed by atoms with van der Waals surface area (Å²) >= 11 is 0. The lowest BCUT2D eigenvalue weighted by Gasteiger charge is -2.12. The van der Waals surface area contributed by atoms with Crippen molar-refractivity contribution in [3.63, 3.8) is 0 Å². The third-order valence-corrected chi connectivity index (χ3v) is 10.6. The highest BCUT2D eigenvalue weighted by Crippen LogP contribution is 2.40. The van der Waals surface area contributed by atoms with E-state index in [1.807, 2.05) is 25.1 Å². The van der Waals surface area contributed by atoms with Crippen LogP contribution in [-0.2, 0) is 6.42 Å². The number of benzene rings is 5. The Hall–Kier alpha value is -6.64. The number of hydrogen-bond acceptors (Lipinski definition) is 1. The molecule has 1 N–H and O–H groups in total. The van der Waals surface area contributed by atoms with Crippen LogP contribution in [0, 0.1) is 6.92 Å². The molecule has 6 aromatic rings.